The van der Waals surface area contributed by atoms with Gasteiger partial charge in [0.15, 0.2) is 0 Å². The third-order valence-electron chi connectivity index (χ3n) is 2.94. The van der Waals surface area contributed by atoms with E-state index in [1.54, 1.807) is 43.5 Å². The van der Waals surface area contributed by atoms with Gasteiger partial charge in [0.2, 0.25) is 0 Å². The van der Waals surface area contributed by atoms with E-state index in [1.165, 1.54) is 0 Å². The maximum Gasteiger partial charge on any atom is 0.255 e. The molecule has 0 bridgehead atoms. The molecule has 0 radical (unpaired) electrons. The number of nitrogens with one attached hydrogen (secondary N) is 1. The molecule has 0 aliphatic carbocycles. The summed E-state index contributed by atoms with van der Waals surface area (Å²) in [5.74, 6) is 1.22. The van der Waals surface area contributed by atoms with E-state index in [9.17, 15) is 4.79 Å². The van der Waals surface area contributed by atoms with Gasteiger partial charge < -0.3 is 14.8 Å². The number of carbonyl (C=O) groups is 1. The van der Waals surface area contributed by atoms with Crippen molar-refractivity contribution >= 4 is 11.6 Å². The summed E-state index contributed by atoms with van der Waals surface area (Å²) in [6, 6.07) is 14.4. The zero-order valence-electron chi connectivity index (χ0n) is 12.3. The molecule has 1 amide bonds. The van der Waals surface area contributed by atoms with Gasteiger partial charge in [0.25, 0.3) is 5.91 Å². The fourth-order valence-corrected chi connectivity index (χ4v) is 1.86. The SMILES string of the molecule is CCCOc1ccc(C(=O)Nc2ccccc2OC)cc1. The van der Waals surface area contributed by atoms with Crippen molar-refractivity contribution in [1.29, 1.82) is 0 Å². The molecule has 0 atom stereocenters. The number of ether oxygens (including phenoxy) is 2. The number of methoxy groups -OCH3 is 1. The van der Waals surface area contributed by atoms with Crippen LogP contribution in [-0.2, 0) is 0 Å². The van der Waals surface area contributed by atoms with Crippen LogP contribution in [-0.4, -0.2) is 19.6 Å². The molecule has 0 aliphatic rings. The summed E-state index contributed by atoms with van der Waals surface area (Å²) in [5, 5.41) is 2.84. The van der Waals surface area contributed by atoms with Crippen molar-refractivity contribution in [3.63, 3.8) is 0 Å². The molecule has 0 spiro atoms. The number of para-hydroxylation sites is 2. The van der Waals surface area contributed by atoms with E-state index in [1.807, 2.05) is 12.1 Å². The first kappa shape index (κ1) is 14.9. The Bertz CT molecular complexity index is 593. The molecule has 0 aliphatic heterocycles. The summed E-state index contributed by atoms with van der Waals surface area (Å²) in [6.07, 6.45) is 0.954. The molecular weight excluding hydrogens is 266 g/mol. The maximum atomic E-state index is 12.2. The zero-order chi connectivity index (χ0) is 15.1. The van der Waals surface area contributed by atoms with Gasteiger partial charge in [-0.15, -0.1) is 0 Å². The van der Waals surface area contributed by atoms with Crippen LogP contribution in [0.2, 0.25) is 0 Å². The van der Waals surface area contributed by atoms with Crippen molar-refractivity contribution in [1.82, 2.24) is 0 Å². The van der Waals surface area contributed by atoms with Crippen LogP contribution >= 0.6 is 0 Å². The Morgan fingerprint density at radius 2 is 1.81 bits per heavy atom. The number of carbonyl (C=O) groups excluding carboxylic acids is 1. The van der Waals surface area contributed by atoms with Gasteiger partial charge >= 0.3 is 0 Å². The molecule has 0 saturated heterocycles. The first-order valence-corrected chi connectivity index (χ1v) is 6.92. The summed E-state index contributed by atoms with van der Waals surface area (Å²) in [6.45, 7) is 2.72. The van der Waals surface area contributed by atoms with Crippen molar-refractivity contribution in [2.45, 2.75) is 13.3 Å². The van der Waals surface area contributed by atoms with Crippen LogP contribution in [0.5, 0.6) is 11.5 Å². The average Bonchev–Trinajstić information content (AvgIpc) is 2.54. The first-order valence-electron chi connectivity index (χ1n) is 6.92. The monoisotopic (exact) mass is 285 g/mol. The van der Waals surface area contributed by atoms with Crippen LogP contribution in [0.15, 0.2) is 48.5 Å². The Morgan fingerprint density at radius 3 is 2.48 bits per heavy atom. The fourth-order valence-electron chi connectivity index (χ4n) is 1.86. The lowest BCUT2D eigenvalue weighted by molar-refractivity contribution is 0.102. The molecule has 2 rings (SSSR count). The van der Waals surface area contributed by atoms with Crippen molar-refractivity contribution in [3.05, 3.63) is 54.1 Å². The van der Waals surface area contributed by atoms with Gasteiger partial charge in [0.1, 0.15) is 11.5 Å². The van der Waals surface area contributed by atoms with Crippen LogP contribution < -0.4 is 14.8 Å². The van der Waals surface area contributed by atoms with Crippen LogP contribution in [0.25, 0.3) is 0 Å². The van der Waals surface area contributed by atoms with Gasteiger partial charge in [0, 0.05) is 5.56 Å². The quantitative estimate of drug-likeness (QED) is 0.879. The summed E-state index contributed by atoms with van der Waals surface area (Å²) >= 11 is 0. The second-order valence-electron chi connectivity index (χ2n) is 4.53. The number of hydrogen-bond donors (Lipinski definition) is 1. The number of amides is 1. The largest absolute Gasteiger partial charge is 0.495 e. The van der Waals surface area contributed by atoms with E-state index in [4.69, 9.17) is 9.47 Å². The molecule has 4 heteroatoms. The van der Waals surface area contributed by atoms with Gasteiger partial charge in [-0.3, -0.25) is 4.79 Å². The lowest BCUT2D eigenvalue weighted by atomic mass is 10.2. The predicted octanol–water partition coefficient (Wildman–Crippen LogP) is 3.74. The molecule has 1 N–H and O–H groups in total. The molecule has 2 aromatic rings. The zero-order valence-corrected chi connectivity index (χ0v) is 12.3. The molecule has 4 nitrogen and oxygen atoms in total. The number of rotatable bonds is 6. The van der Waals surface area contributed by atoms with Crippen LogP contribution in [0, 0.1) is 0 Å². The lowest BCUT2D eigenvalue weighted by Gasteiger charge is -2.10. The minimum atomic E-state index is -0.179. The van der Waals surface area contributed by atoms with Crippen LogP contribution in [0.1, 0.15) is 23.7 Å². The number of hydrogen-bond acceptors (Lipinski definition) is 3. The second kappa shape index (κ2) is 7.33. The molecule has 0 saturated carbocycles. The molecule has 0 aromatic heterocycles. The van der Waals surface area contributed by atoms with Crippen molar-refractivity contribution < 1.29 is 14.3 Å². The Balaban J connectivity index is 2.06. The summed E-state index contributed by atoms with van der Waals surface area (Å²) in [4.78, 5) is 12.2. The fraction of sp³-hybridized carbons (Fsp3) is 0.235. The standard InChI is InChI=1S/C17H19NO3/c1-3-12-21-14-10-8-13(9-11-14)17(19)18-15-6-4-5-7-16(15)20-2/h4-11H,3,12H2,1-2H3,(H,18,19). The lowest BCUT2D eigenvalue weighted by Crippen LogP contribution is -2.12. The van der Waals surface area contributed by atoms with E-state index in [0.717, 1.165) is 12.2 Å². The van der Waals surface area contributed by atoms with E-state index in [-0.39, 0.29) is 5.91 Å². The highest BCUT2D eigenvalue weighted by Gasteiger charge is 2.09. The topological polar surface area (TPSA) is 47.6 Å². The highest BCUT2D eigenvalue weighted by atomic mass is 16.5. The first-order chi connectivity index (χ1) is 10.2. The smallest absolute Gasteiger partial charge is 0.255 e. The summed E-state index contributed by atoms with van der Waals surface area (Å²) < 4.78 is 10.7. The van der Waals surface area contributed by atoms with Crippen molar-refractivity contribution in [3.8, 4) is 11.5 Å². The average molecular weight is 285 g/mol. The highest BCUT2D eigenvalue weighted by Crippen LogP contribution is 2.24. The van der Waals surface area contributed by atoms with E-state index in [0.29, 0.717) is 23.6 Å². The summed E-state index contributed by atoms with van der Waals surface area (Å²) in [5.41, 5.74) is 1.22. The molecule has 2 aromatic carbocycles. The normalized spacial score (nSPS) is 10.0. The van der Waals surface area contributed by atoms with Gasteiger partial charge in [-0.25, -0.2) is 0 Å². The van der Waals surface area contributed by atoms with Crippen LogP contribution in [0.3, 0.4) is 0 Å². The van der Waals surface area contributed by atoms with E-state index >= 15 is 0 Å². The minimum Gasteiger partial charge on any atom is -0.495 e. The Kier molecular flexibility index (Phi) is 5.21. The van der Waals surface area contributed by atoms with Gasteiger partial charge in [-0.05, 0) is 42.8 Å². The van der Waals surface area contributed by atoms with Gasteiger partial charge in [-0.2, -0.15) is 0 Å². The number of benzene rings is 2. The molecule has 0 unspecified atom stereocenters. The maximum absolute atomic E-state index is 12.2. The second-order valence-corrected chi connectivity index (χ2v) is 4.53. The third kappa shape index (κ3) is 3.99. The van der Waals surface area contributed by atoms with E-state index in [2.05, 4.69) is 12.2 Å². The highest BCUT2D eigenvalue weighted by molar-refractivity contribution is 6.05. The molecule has 21 heavy (non-hydrogen) atoms. The Hall–Kier alpha value is -2.49. The van der Waals surface area contributed by atoms with Gasteiger partial charge in [0.05, 0.1) is 19.4 Å². The summed E-state index contributed by atoms with van der Waals surface area (Å²) in [7, 11) is 1.57. The minimum absolute atomic E-state index is 0.179. The number of anilines is 1. The van der Waals surface area contributed by atoms with Gasteiger partial charge in [-0.1, -0.05) is 19.1 Å². The third-order valence-corrected chi connectivity index (χ3v) is 2.94. The van der Waals surface area contributed by atoms with E-state index < -0.39 is 0 Å². The Labute approximate surface area is 124 Å². The Morgan fingerprint density at radius 1 is 1.10 bits per heavy atom. The molecule has 110 valence electrons. The molecular formula is C17H19NO3. The van der Waals surface area contributed by atoms with Crippen molar-refractivity contribution in [2.75, 3.05) is 19.0 Å². The molecule has 0 heterocycles. The molecule has 0 fully saturated rings. The van der Waals surface area contributed by atoms with Crippen LogP contribution in [0.4, 0.5) is 5.69 Å². The predicted molar refractivity (Wildman–Crippen MR) is 83.2 cm³/mol. The van der Waals surface area contributed by atoms with Crippen molar-refractivity contribution in [2.24, 2.45) is 0 Å².